The van der Waals surface area contributed by atoms with Crippen molar-refractivity contribution in [1.82, 2.24) is 10.3 Å². The van der Waals surface area contributed by atoms with Crippen LogP contribution < -0.4 is 11.1 Å². The van der Waals surface area contributed by atoms with E-state index in [0.29, 0.717) is 16.7 Å². The number of benzene rings is 2. The first-order valence-corrected chi connectivity index (χ1v) is 8.12. The summed E-state index contributed by atoms with van der Waals surface area (Å²) < 4.78 is 14.1. The van der Waals surface area contributed by atoms with Gasteiger partial charge in [-0.25, -0.2) is 4.39 Å². The van der Waals surface area contributed by atoms with E-state index in [0.717, 1.165) is 5.56 Å². The van der Waals surface area contributed by atoms with Crippen LogP contribution in [0.3, 0.4) is 0 Å². The lowest BCUT2D eigenvalue weighted by Crippen LogP contribution is -2.31. The third-order valence-corrected chi connectivity index (χ3v) is 4.07. The van der Waals surface area contributed by atoms with E-state index < -0.39 is 23.7 Å². The Morgan fingerprint density at radius 3 is 2.38 bits per heavy atom. The number of hydrogen-bond donors (Lipinski definition) is 3. The molecule has 0 aliphatic rings. The van der Waals surface area contributed by atoms with Crippen LogP contribution in [0.4, 0.5) is 4.39 Å². The quantitative estimate of drug-likeness (QED) is 0.637. The summed E-state index contributed by atoms with van der Waals surface area (Å²) in [7, 11) is 0. The molecule has 0 saturated carbocycles. The largest absolute Gasteiger partial charge is 0.370 e. The Bertz CT molecular complexity index is 922. The first kappa shape index (κ1) is 17.4. The third-order valence-electron chi connectivity index (χ3n) is 4.07. The summed E-state index contributed by atoms with van der Waals surface area (Å²) in [5.74, 6) is -1.36. The number of halogens is 1. The Morgan fingerprint density at radius 2 is 1.69 bits per heavy atom. The van der Waals surface area contributed by atoms with Crippen LogP contribution in [0.1, 0.15) is 28.4 Å². The minimum atomic E-state index is -0.565. The van der Waals surface area contributed by atoms with Gasteiger partial charge in [0.1, 0.15) is 5.82 Å². The second-order valence-corrected chi connectivity index (χ2v) is 5.87. The maximum absolute atomic E-state index is 14.1. The molecular weight excluding hydrogens is 333 g/mol. The number of primary amides is 1. The van der Waals surface area contributed by atoms with Crippen LogP contribution >= 0.6 is 0 Å². The van der Waals surface area contributed by atoms with Crippen molar-refractivity contribution >= 4 is 11.8 Å². The zero-order valence-electron chi connectivity index (χ0n) is 13.9. The normalized spacial score (nSPS) is 11.7. The Balaban J connectivity index is 1.89. The molecule has 2 amide bonds. The van der Waals surface area contributed by atoms with Crippen molar-refractivity contribution in [1.29, 1.82) is 0 Å². The second kappa shape index (κ2) is 7.65. The first-order chi connectivity index (χ1) is 12.6. The number of rotatable bonds is 6. The summed E-state index contributed by atoms with van der Waals surface area (Å²) in [5.41, 5.74) is 7.15. The fourth-order valence-electron chi connectivity index (χ4n) is 2.83. The summed E-state index contributed by atoms with van der Waals surface area (Å²) in [4.78, 5) is 27.0. The number of nitrogens with two attached hydrogens (primary N) is 1. The molecule has 1 aromatic heterocycles. The highest BCUT2D eigenvalue weighted by Crippen LogP contribution is 2.27. The number of H-pyrrole nitrogens is 1. The first-order valence-electron chi connectivity index (χ1n) is 8.12. The van der Waals surface area contributed by atoms with Crippen molar-refractivity contribution in [3.05, 3.63) is 83.9 Å². The summed E-state index contributed by atoms with van der Waals surface area (Å²) >= 11 is 0. The van der Waals surface area contributed by atoms with Crippen LogP contribution in [-0.2, 0) is 4.79 Å². The lowest BCUT2D eigenvalue weighted by molar-refractivity contribution is -0.118. The minimum absolute atomic E-state index is 0.0325. The number of carbonyl (C=O) groups is 2. The number of nitrogens with one attached hydrogen (secondary N) is 2. The molecule has 0 saturated heterocycles. The molecule has 5 nitrogen and oxygen atoms in total. The van der Waals surface area contributed by atoms with Crippen molar-refractivity contribution in [3.63, 3.8) is 0 Å². The maximum Gasteiger partial charge on any atom is 0.253 e. The minimum Gasteiger partial charge on any atom is -0.370 e. The van der Waals surface area contributed by atoms with Gasteiger partial charge in [-0.05, 0) is 11.6 Å². The topological polar surface area (TPSA) is 88.0 Å². The Morgan fingerprint density at radius 1 is 1.00 bits per heavy atom. The molecule has 0 aliphatic heterocycles. The van der Waals surface area contributed by atoms with E-state index in [2.05, 4.69) is 10.3 Å². The number of amides is 2. The summed E-state index contributed by atoms with van der Waals surface area (Å²) in [5, 5.41) is 2.81. The van der Waals surface area contributed by atoms with E-state index in [1.807, 2.05) is 30.3 Å². The van der Waals surface area contributed by atoms with Gasteiger partial charge < -0.3 is 16.0 Å². The molecule has 1 heterocycles. The van der Waals surface area contributed by atoms with Crippen molar-refractivity contribution in [2.45, 2.75) is 12.5 Å². The monoisotopic (exact) mass is 351 g/mol. The van der Waals surface area contributed by atoms with Crippen molar-refractivity contribution in [3.8, 4) is 11.1 Å². The molecule has 0 aliphatic carbocycles. The molecule has 2 aromatic carbocycles. The van der Waals surface area contributed by atoms with E-state index in [4.69, 9.17) is 5.73 Å². The maximum atomic E-state index is 14.1. The van der Waals surface area contributed by atoms with Crippen LogP contribution in [-0.4, -0.2) is 16.8 Å². The van der Waals surface area contributed by atoms with E-state index in [9.17, 15) is 14.0 Å². The Hall–Kier alpha value is -3.41. The van der Waals surface area contributed by atoms with Crippen LogP contribution in [0.5, 0.6) is 0 Å². The van der Waals surface area contributed by atoms with Crippen LogP contribution in [0.15, 0.2) is 67.0 Å². The second-order valence-electron chi connectivity index (χ2n) is 5.87. The van der Waals surface area contributed by atoms with Crippen LogP contribution in [0.25, 0.3) is 11.1 Å². The Kier molecular flexibility index (Phi) is 5.12. The van der Waals surface area contributed by atoms with Crippen LogP contribution in [0.2, 0.25) is 0 Å². The molecule has 3 rings (SSSR count). The molecule has 0 fully saturated rings. The van der Waals surface area contributed by atoms with E-state index in [1.54, 1.807) is 24.4 Å². The average molecular weight is 351 g/mol. The van der Waals surface area contributed by atoms with Gasteiger partial charge in [0, 0.05) is 23.5 Å². The molecular formula is C20H18FN3O2. The lowest BCUT2D eigenvalue weighted by Gasteiger charge is -2.18. The summed E-state index contributed by atoms with van der Waals surface area (Å²) in [6.45, 7) is 0. The summed E-state index contributed by atoms with van der Waals surface area (Å²) in [6.07, 6.45) is 3.04. The van der Waals surface area contributed by atoms with Gasteiger partial charge in [0.05, 0.1) is 18.0 Å². The smallest absolute Gasteiger partial charge is 0.253 e. The van der Waals surface area contributed by atoms with Gasteiger partial charge in [0.15, 0.2) is 0 Å². The number of aromatic nitrogens is 1. The molecule has 0 unspecified atom stereocenters. The zero-order valence-corrected chi connectivity index (χ0v) is 13.9. The molecule has 26 heavy (non-hydrogen) atoms. The molecule has 3 aromatic rings. The van der Waals surface area contributed by atoms with Gasteiger partial charge in [0.25, 0.3) is 5.91 Å². The van der Waals surface area contributed by atoms with E-state index in [1.165, 1.54) is 12.3 Å². The van der Waals surface area contributed by atoms with Crippen molar-refractivity contribution in [2.75, 3.05) is 0 Å². The molecule has 0 radical (unpaired) electrons. The number of carbonyl (C=O) groups excluding carboxylic acids is 2. The highest BCUT2D eigenvalue weighted by molar-refractivity contribution is 6.01. The van der Waals surface area contributed by atoms with Gasteiger partial charge in [-0.1, -0.05) is 48.5 Å². The highest BCUT2D eigenvalue weighted by Gasteiger charge is 2.21. The van der Waals surface area contributed by atoms with Crippen molar-refractivity contribution < 1.29 is 14.0 Å². The molecule has 1 atom stereocenters. The Labute approximate surface area is 150 Å². The molecule has 132 valence electrons. The van der Waals surface area contributed by atoms with Crippen molar-refractivity contribution in [2.24, 2.45) is 5.73 Å². The molecule has 4 N–H and O–H groups in total. The van der Waals surface area contributed by atoms with Gasteiger partial charge >= 0.3 is 0 Å². The number of hydrogen-bond acceptors (Lipinski definition) is 2. The fourth-order valence-corrected chi connectivity index (χ4v) is 2.83. The fraction of sp³-hybridized carbons (Fsp3) is 0.100. The predicted octanol–water partition coefficient (Wildman–Crippen LogP) is 3.17. The van der Waals surface area contributed by atoms with Crippen LogP contribution in [0, 0.1) is 5.82 Å². The highest BCUT2D eigenvalue weighted by atomic mass is 19.1. The molecule has 0 spiro atoms. The van der Waals surface area contributed by atoms with E-state index in [-0.39, 0.29) is 6.42 Å². The SMILES string of the molecule is NC(=O)C[C@H](NC(=O)c1c[nH]cc1-c1ccccc1F)c1ccccc1. The van der Waals surface area contributed by atoms with Gasteiger partial charge in [0.2, 0.25) is 5.91 Å². The molecule has 6 heteroatoms. The standard InChI is InChI=1S/C20H18FN3O2/c21-17-9-5-4-8-14(17)15-11-23-12-16(15)20(26)24-18(10-19(22)25)13-6-2-1-3-7-13/h1-9,11-12,18,23H,10H2,(H2,22,25)(H,24,26)/t18-/m0/s1. The van der Waals surface area contributed by atoms with Gasteiger partial charge in [-0.15, -0.1) is 0 Å². The van der Waals surface area contributed by atoms with E-state index >= 15 is 0 Å². The molecule has 0 bridgehead atoms. The summed E-state index contributed by atoms with van der Waals surface area (Å²) in [6, 6.07) is 14.8. The van der Waals surface area contributed by atoms with Gasteiger partial charge in [-0.3, -0.25) is 9.59 Å². The average Bonchev–Trinajstić information content (AvgIpc) is 3.11. The predicted molar refractivity (Wildman–Crippen MR) is 96.6 cm³/mol. The lowest BCUT2D eigenvalue weighted by atomic mass is 10.0. The third kappa shape index (κ3) is 3.80. The number of aromatic amines is 1. The zero-order chi connectivity index (χ0) is 18.5. The van der Waals surface area contributed by atoms with Gasteiger partial charge in [-0.2, -0.15) is 0 Å².